The second-order valence-corrected chi connectivity index (χ2v) is 5.26. The van der Waals surface area contributed by atoms with E-state index in [1.54, 1.807) is 6.08 Å². The van der Waals surface area contributed by atoms with Crippen molar-refractivity contribution in [3.63, 3.8) is 0 Å². The minimum atomic E-state index is 0.476. The summed E-state index contributed by atoms with van der Waals surface area (Å²) in [6.45, 7) is 10.4. The van der Waals surface area contributed by atoms with E-state index in [9.17, 15) is 0 Å². The Morgan fingerprint density at radius 3 is 2.90 bits per heavy atom. The zero-order valence-corrected chi connectivity index (χ0v) is 12.2. The van der Waals surface area contributed by atoms with Crippen LogP contribution in [-0.4, -0.2) is 18.1 Å². The third-order valence-electron chi connectivity index (χ3n) is 3.00. The van der Waals surface area contributed by atoms with E-state index in [-0.39, 0.29) is 0 Å². The first kappa shape index (κ1) is 14.5. The molecule has 0 aliphatic carbocycles. The Labute approximate surface area is 120 Å². The first-order valence-corrected chi connectivity index (χ1v) is 7.03. The number of nitrogens with one attached hydrogen (secondary N) is 1. The summed E-state index contributed by atoms with van der Waals surface area (Å²) in [7, 11) is 0. The number of benzene rings is 1. The third-order valence-corrected chi connectivity index (χ3v) is 3.00. The van der Waals surface area contributed by atoms with Crippen LogP contribution in [-0.2, 0) is 6.54 Å². The molecule has 0 spiro atoms. The van der Waals surface area contributed by atoms with Gasteiger partial charge in [-0.15, -0.1) is 0 Å². The van der Waals surface area contributed by atoms with Gasteiger partial charge in [-0.1, -0.05) is 44.7 Å². The predicted molar refractivity (Wildman–Crippen MR) is 84.0 cm³/mol. The van der Waals surface area contributed by atoms with Gasteiger partial charge in [-0.2, -0.15) is 0 Å². The van der Waals surface area contributed by atoms with Crippen molar-refractivity contribution in [3.05, 3.63) is 48.6 Å². The molecule has 0 unspecified atom stereocenters. The summed E-state index contributed by atoms with van der Waals surface area (Å²) in [5.74, 6) is 1.30. The molecule has 0 fully saturated rings. The van der Waals surface area contributed by atoms with Crippen molar-refractivity contribution >= 4 is 10.9 Å². The highest BCUT2D eigenvalue weighted by atomic mass is 16.5. The van der Waals surface area contributed by atoms with Crippen LogP contribution in [0, 0.1) is 5.92 Å². The Hall–Kier alpha value is -1.87. The van der Waals surface area contributed by atoms with Gasteiger partial charge in [0, 0.05) is 18.0 Å². The van der Waals surface area contributed by atoms with Gasteiger partial charge in [0.2, 0.25) is 5.88 Å². The van der Waals surface area contributed by atoms with E-state index in [0.717, 1.165) is 18.6 Å². The summed E-state index contributed by atoms with van der Waals surface area (Å²) in [5, 5.41) is 4.65. The van der Waals surface area contributed by atoms with E-state index < -0.39 is 0 Å². The second kappa shape index (κ2) is 7.06. The molecule has 2 aromatic rings. The molecular weight excluding hydrogens is 248 g/mol. The van der Waals surface area contributed by atoms with Gasteiger partial charge in [-0.25, -0.2) is 4.98 Å². The zero-order valence-electron chi connectivity index (χ0n) is 12.2. The third kappa shape index (κ3) is 3.81. The topological polar surface area (TPSA) is 34.1 Å². The fraction of sp³-hybridized carbons (Fsp3) is 0.353. The van der Waals surface area contributed by atoms with Crippen molar-refractivity contribution in [2.24, 2.45) is 5.92 Å². The maximum atomic E-state index is 5.57. The molecule has 1 aromatic heterocycles. The highest BCUT2D eigenvalue weighted by molar-refractivity contribution is 5.82. The lowest BCUT2D eigenvalue weighted by Gasteiger charge is -2.12. The number of aromatic nitrogens is 1. The molecule has 3 heteroatoms. The summed E-state index contributed by atoms with van der Waals surface area (Å²) in [6.07, 6.45) is 1.73. The van der Waals surface area contributed by atoms with Crippen LogP contribution in [0.15, 0.2) is 43.0 Å². The summed E-state index contributed by atoms with van der Waals surface area (Å²) in [4.78, 5) is 4.52. The monoisotopic (exact) mass is 270 g/mol. The average Bonchev–Trinajstić information content (AvgIpc) is 2.44. The molecular formula is C17H22N2O. The average molecular weight is 270 g/mol. The lowest BCUT2D eigenvalue weighted by molar-refractivity contribution is 0.349. The number of hydrogen-bond donors (Lipinski definition) is 1. The Morgan fingerprint density at radius 1 is 1.35 bits per heavy atom. The molecule has 0 saturated carbocycles. The number of para-hydroxylation sites is 1. The molecule has 3 nitrogen and oxygen atoms in total. The van der Waals surface area contributed by atoms with Gasteiger partial charge in [0.25, 0.3) is 0 Å². The molecule has 0 saturated heterocycles. The first-order chi connectivity index (χ1) is 9.70. The van der Waals surface area contributed by atoms with E-state index >= 15 is 0 Å². The van der Waals surface area contributed by atoms with Crippen LogP contribution < -0.4 is 10.1 Å². The first-order valence-electron chi connectivity index (χ1n) is 7.03. The maximum Gasteiger partial charge on any atom is 0.214 e. The second-order valence-electron chi connectivity index (χ2n) is 5.26. The van der Waals surface area contributed by atoms with Crippen LogP contribution in [0.3, 0.4) is 0 Å². The van der Waals surface area contributed by atoms with Gasteiger partial charge in [0.05, 0.1) is 5.52 Å². The SMILES string of the molecule is C=CCOc1cc(CNCC(C)C)c2ccccc2n1. The zero-order chi connectivity index (χ0) is 14.4. The summed E-state index contributed by atoms with van der Waals surface area (Å²) < 4.78 is 5.57. The van der Waals surface area contributed by atoms with Crippen molar-refractivity contribution in [2.45, 2.75) is 20.4 Å². The van der Waals surface area contributed by atoms with Gasteiger partial charge in [-0.3, -0.25) is 0 Å². The molecule has 0 aliphatic heterocycles. The summed E-state index contributed by atoms with van der Waals surface area (Å²) >= 11 is 0. The van der Waals surface area contributed by atoms with Gasteiger partial charge >= 0.3 is 0 Å². The number of hydrogen-bond acceptors (Lipinski definition) is 3. The Balaban J connectivity index is 2.26. The van der Waals surface area contributed by atoms with Gasteiger partial charge in [0.1, 0.15) is 6.61 Å². The molecule has 0 atom stereocenters. The number of ether oxygens (including phenoxy) is 1. The maximum absolute atomic E-state index is 5.57. The molecule has 1 N–H and O–H groups in total. The minimum absolute atomic E-state index is 0.476. The Kier molecular flexibility index (Phi) is 5.13. The quantitative estimate of drug-likeness (QED) is 0.781. The van der Waals surface area contributed by atoms with Crippen molar-refractivity contribution in [1.29, 1.82) is 0 Å². The molecule has 0 radical (unpaired) electrons. The molecule has 2 rings (SSSR count). The predicted octanol–water partition coefficient (Wildman–Crippen LogP) is 3.55. The normalized spacial score (nSPS) is 10.9. The molecule has 0 aliphatic rings. The van der Waals surface area contributed by atoms with Gasteiger partial charge < -0.3 is 10.1 Å². The molecule has 20 heavy (non-hydrogen) atoms. The molecule has 1 aromatic carbocycles. The smallest absolute Gasteiger partial charge is 0.214 e. The summed E-state index contributed by atoms with van der Waals surface area (Å²) in [5.41, 5.74) is 2.19. The fourth-order valence-corrected chi connectivity index (χ4v) is 2.08. The minimum Gasteiger partial charge on any atom is -0.473 e. The van der Waals surface area contributed by atoms with E-state index in [2.05, 4.69) is 36.8 Å². The van der Waals surface area contributed by atoms with Crippen LogP contribution in [0.25, 0.3) is 10.9 Å². The molecule has 0 amide bonds. The molecule has 0 bridgehead atoms. The van der Waals surface area contributed by atoms with Crippen LogP contribution in [0.5, 0.6) is 5.88 Å². The van der Waals surface area contributed by atoms with Crippen molar-refractivity contribution in [2.75, 3.05) is 13.2 Å². The van der Waals surface area contributed by atoms with Gasteiger partial charge in [-0.05, 0) is 24.1 Å². The molecule has 106 valence electrons. The molecule has 1 heterocycles. The Bertz CT molecular complexity index is 578. The van der Waals surface area contributed by atoms with Gasteiger partial charge in [0.15, 0.2) is 0 Å². The standard InChI is InChI=1S/C17H22N2O/c1-4-9-20-17-10-14(12-18-11-13(2)3)15-7-5-6-8-16(15)19-17/h4-8,10,13,18H,1,9,11-12H2,2-3H3. The van der Waals surface area contributed by atoms with Crippen molar-refractivity contribution < 1.29 is 4.74 Å². The summed E-state index contributed by atoms with van der Waals surface area (Å²) in [6, 6.07) is 10.2. The number of nitrogens with zero attached hydrogens (tertiary/aromatic N) is 1. The number of rotatable bonds is 7. The Morgan fingerprint density at radius 2 is 2.15 bits per heavy atom. The highest BCUT2D eigenvalue weighted by Gasteiger charge is 2.06. The fourth-order valence-electron chi connectivity index (χ4n) is 2.08. The largest absolute Gasteiger partial charge is 0.473 e. The van der Waals surface area contributed by atoms with Crippen LogP contribution >= 0.6 is 0 Å². The van der Waals surface area contributed by atoms with Crippen molar-refractivity contribution in [1.82, 2.24) is 10.3 Å². The van der Waals surface area contributed by atoms with Crippen molar-refractivity contribution in [3.8, 4) is 5.88 Å². The van der Waals surface area contributed by atoms with E-state index in [1.807, 2.05) is 24.3 Å². The highest BCUT2D eigenvalue weighted by Crippen LogP contribution is 2.22. The van der Waals surface area contributed by atoms with E-state index in [1.165, 1.54) is 10.9 Å². The lowest BCUT2D eigenvalue weighted by atomic mass is 10.1. The lowest BCUT2D eigenvalue weighted by Crippen LogP contribution is -2.19. The number of pyridine rings is 1. The number of fused-ring (bicyclic) bond motifs is 1. The van der Waals surface area contributed by atoms with Crippen LogP contribution in [0.2, 0.25) is 0 Å². The van der Waals surface area contributed by atoms with Crippen LogP contribution in [0.4, 0.5) is 0 Å². The van der Waals surface area contributed by atoms with E-state index in [4.69, 9.17) is 4.74 Å². The van der Waals surface area contributed by atoms with E-state index in [0.29, 0.717) is 18.4 Å². The van der Waals surface area contributed by atoms with Crippen LogP contribution in [0.1, 0.15) is 19.4 Å².